The van der Waals surface area contributed by atoms with E-state index in [1.54, 1.807) is 0 Å². The molecule has 2 heterocycles. The van der Waals surface area contributed by atoms with E-state index in [0.29, 0.717) is 0 Å². The van der Waals surface area contributed by atoms with Crippen LogP contribution in [0.25, 0.3) is 0 Å². The van der Waals surface area contributed by atoms with Crippen molar-refractivity contribution in [3.63, 3.8) is 0 Å². The Morgan fingerprint density at radius 1 is 1.18 bits per heavy atom. The summed E-state index contributed by atoms with van der Waals surface area (Å²) >= 11 is 0. The third-order valence-electron chi connectivity index (χ3n) is 3.33. The average Bonchev–Trinajstić information content (AvgIpc) is 2.31. The Bertz CT molecular complexity index is 373. The predicted octanol–water partition coefficient (Wildman–Crippen LogP) is 0.813. The second-order valence-electron chi connectivity index (χ2n) is 4.61. The van der Waals surface area contributed by atoms with E-state index in [2.05, 4.69) is 33.8 Å². The van der Waals surface area contributed by atoms with Crippen molar-refractivity contribution in [1.82, 2.24) is 9.88 Å². The Kier molecular flexibility index (Phi) is 3.97. The quantitative estimate of drug-likeness (QED) is 0.841. The van der Waals surface area contributed by atoms with E-state index in [-0.39, 0.29) is 6.61 Å². The molecule has 1 aromatic heterocycles. The highest BCUT2D eigenvalue weighted by Crippen LogP contribution is 2.19. The summed E-state index contributed by atoms with van der Waals surface area (Å²) in [6.45, 7) is 9.22. The van der Waals surface area contributed by atoms with Crippen molar-refractivity contribution in [2.75, 3.05) is 44.2 Å². The molecule has 17 heavy (non-hydrogen) atoms. The first-order valence-corrected chi connectivity index (χ1v) is 6.23. The summed E-state index contributed by atoms with van der Waals surface area (Å²) in [5.41, 5.74) is 3.44. The minimum Gasteiger partial charge on any atom is -0.395 e. The summed E-state index contributed by atoms with van der Waals surface area (Å²) < 4.78 is 0. The van der Waals surface area contributed by atoms with E-state index in [1.165, 1.54) is 5.69 Å². The topological polar surface area (TPSA) is 39.6 Å². The van der Waals surface area contributed by atoms with Gasteiger partial charge in [-0.2, -0.15) is 0 Å². The molecule has 4 heteroatoms. The van der Waals surface area contributed by atoms with Gasteiger partial charge >= 0.3 is 0 Å². The molecular formula is C13H21N3O. The van der Waals surface area contributed by atoms with Gasteiger partial charge in [-0.1, -0.05) is 0 Å². The Balaban J connectivity index is 2.00. The summed E-state index contributed by atoms with van der Waals surface area (Å²) in [4.78, 5) is 9.19. The summed E-state index contributed by atoms with van der Waals surface area (Å²) in [6, 6.07) is 4.24. The van der Waals surface area contributed by atoms with Gasteiger partial charge in [0.1, 0.15) is 0 Å². The van der Waals surface area contributed by atoms with E-state index < -0.39 is 0 Å². The zero-order valence-electron chi connectivity index (χ0n) is 10.7. The molecule has 0 bridgehead atoms. The van der Waals surface area contributed by atoms with E-state index in [0.717, 1.165) is 44.1 Å². The highest BCUT2D eigenvalue weighted by molar-refractivity contribution is 5.51. The van der Waals surface area contributed by atoms with E-state index in [9.17, 15) is 0 Å². The van der Waals surface area contributed by atoms with Crippen LogP contribution in [-0.4, -0.2) is 54.3 Å². The fourth-order valence-electron chi connectivity index (χ4n) is 2.37. The zero-order valence-corrected chi connectivity index (χ0v) is 10.7. The van der Waals surface area contributed by atoms with Crippen molar-refractivity contribution in [3.05, 3.63) is 23.5 Å². The van der Waals surface area contributed by atoms with Gasteiger partial charge in [0.25, 0.3) is 0 Å². The van der Waals surface area contributed by atoms with Gasteiger partial charge in [0.15, 0.2) is 0 Å². The fourth-order valence-corrected chi connectivity index (χ4v) is 2.37. The van der Waals surface area contributed by atoms with Crippen molar-refractivity contribution in [1.29, 1.82) is 0 Å². The fraction of sp³-hybridized carbons (Fsp3) is 0.615. The molecule has 0 aliphatic carbocycles. The number of anilines is 1. The molecule has 1 aromatic rings. The third-order valence-corrected chi connectivity index (χ3v) is 3.33. The molecule has 1 saturated heterocycles. The molecule has 94 valence electrons. The van der Waals surface area contributed by atoms with Gasteiger partial charge in [-0.25, -0.2) is 0 Å². The number of rotatable bonds is 3. The molecule has 0 atom stereocenters. The number of aromatic nitrogens is 1. The molecule has 1 fully saturated rings. The second kappa shape index (κ2) is 5.47. The molecule has 0 unspecified atom stereocenters. The average molecular weight is 235 g/mol. The Morgan fingerprint density at radius 3 is 2.47 bits per heavy atom. The minimum absolute atomic E-state index is 0.255. The van der Waals surface area contributed by atoms with Gasteiger partial charge in [0, 0.05) is 38.4 Å². The minimum atomic E-state index is 0.255. The lowest BCUT2D eigenvalue weighted by molar-refractivity contribution is 0.188. The molecule has 4 nitrogen and oxygen atoms in total. The number of hydrogen-bond donors (Lipinski definition) is 1. The van der Waals surface area contributed by atoms with Gasteiger partial charge < -0.3 is 10.0 Å². The van der Waals surface area contributed by atoms with Crippen LogP contribution >= 0.6 is 0 Å². The number of nitrogens with zero attached hydrogens (tertiary/aromatic N) is 3. The Morgan fingerprint density at radius 2 is 1.88 bits per heavy atom. The molecule has 0 aromatic carbocycles. The summed E-state index contributed by atoms with van der Waals surface area (Å²) in [6.07, 6.45) is 0. The first-order valence-electron chi connectivity index (χ1n) is 6.23. The lowest BCUT2D eigenvalue weighted by Crippen LogP contribution is -2.47. The largest absolute Gasteiger partial charge is 0.395 e. The van der Waals surface area contributed by atoms with Crippen molar-refractivity contribution >= 4 is 5.69 Å². The summed E-state index contributed by atoms with van der Waals surface area (Å²) in [7, 11) is 0. The molecule has 1 N–H and O–H groups in total. The third kappa shape index (κ3) is 2.96. The SMILES string of the molecule is Cc1ccc(N2CCN(CCO)CC2)c(C)n1. The first-order chi connectivity index (χ1) is 8.20. The summed E-state index contributed by atoms with van der Waals surface area (Å²) in [5, 5.41) is 8.91. The maximum absolute atomic E-state index is 8.91. The number of aryl methyl sites for hydroxylation is 2. The highest BCUT2D eigenvalue weighted by atomic mass is 16.3. The second-order valence-corrected chi connectivity index (χ2v) is 4.61. The van der Waals surface area contributed by atoms with Crippen LogP contribution in [-0.2, 0) is 0 Å². The number of aliphatic hydroxyl groups is 1. The monoisotopic (exact) mass is 235 g/mol. The highest BCUT2D eigenvalue weighted by Gasteiger charge is 2.18. The summed E-state index contributed by atoms with van der Waals surface area (Å²) in [5.74, 6) is 0. The van der Waals surface area contributed by atoms with Crippen molar-refractivity contribution in [2.24, 2.45) is 0 Å². The standard InChI is InChI=1S/C13H21N3O/c1-11-3-4-13(12(2)14-11)16-7-5-15(6-8-16)9-10-17/h3-4,17H,5-10H2,1-2H3. The van der Waals surface area contributed by atoms with Crippen molar-refractivity contribution < 1.29 is 5.11 Å². The molecule has 0 spiro atoms. The normalized spacial score (nSPS) is 17.5. The predicted molar refractivity (Wildman–Crippen MR) is 69.4 cm³/mol. The molecule has 1 aliphatic heterocycles. The smallest absolute Gasteiger partial charge is 0.0608 e. The Hall–Kier alpha value is -1.13. The van der Waals surface area contributed by atoms with E-state index in [4.69, 9.17) is 5.11 Å². The van der Waals surface area contributed by atoms with Gasteiger partial charge in [-0.3, -0.25) is 9.88 Å². The van der Waals surface area contributed by atoms with Crippen LogP contribution in [0.15, 0.2) is 12.1 Å². The van der Waals surface area contributed by atoms with Crippen LogP contribution in [0.1, 0.15) is 11.4 Å². The van der Waals surface area contributed by atoms with Crippen molar-refractivity contribution in [3.8, 4) is 0 Å². The number of aliphatic hydroxyl groups excluding tert-OH is 1. The Labute approximate surface area is 103 Å². The van der Waals surface area contributed by atoms with Crippen molar-refractivity contribution in [2.45, 2.75) is 13.8 Å². The van der Waals surface area contributed by atoms with E-state index in [1.807, 2.05) is 6.92 Å². The lowest BCUT2D eigenvalue weighted by Gasteiger charge is -2.36. The van der Waals surface area contributed by atoms with Crippen LogP contribution in [0.5, 0.6) is 0 Å². The van der Waals surface area contributed by atoms with Gasteiger partial charge in [-0.05, 0) is 26.0 Å². The molecule has 0 radical (unpaired) electrons. The number of hydrogen-bond acceptors (Lipinski definition) is 4. The lowest BCUT2D eigenvalue weighted by atomic mass is 10.2. The van der Waals surface area contributed by atoms with Gasteiger partial charge in [0.2, 0.25) is 0 Å². The van der Waals surface area contributed by atoms with Crippen LogP contribution in [0.4, 0.5) is 5.69 Å². The zero-order chi connectivity index (χ0) is 12.3. The van der Waals surface area contributed by atoms with Gasteiger partial charge in [0.05, 0.1) is 18.0 Å². The molecular weight excluding hydrogens is 214 g/mol. The van der Waals surface area contributed by atoms with E-state index >= 15 is 0 Å². The van der Waals surface area contributed by atoms with Gasteiger partial charge in [-0.15, -0.1) is 0 Å². The number of pyridine rings is 1. The molecule has 0 amide bonds. The number of β-amino-alcohol motifs (C(OH)–C–C–N with tert-alkyl or cyclic N) is 1. The van der Waals surface area contributed by atoms with Crippen LogP contribution in [0.3, 0.4) is 0 Å². The maximum atomic E-state index is 8.91. The maximum Gasteiger partial charge on any atom is 0.0608 e. The first kappa shape index (κ1) is 12.3. The van der Waals surface area contributed by atoms with Crippen LogP contribution in [0.2, 0.25) is 0 Å². The molecule has 2 rings (SSSR count). The molecule has 1 aliphatic rings. The number of piperazine rings is 1. The van der Waals surface area contributed by atoms with Crippen LogP contribution in [0, 0.1) is 13.8 Å². The van der Waals surface area contributed by atoms with Crippen LogP contribution < -0.4 is 4.90 Å². The molecule has 0 saturated carbocycles.